The Kier molecular flexibility index (Phi) is 4.62. The summed E-state index contributed by atoms with van der Waals surface area (Å²) in [7, 11) is 2.08. The van der Waals surface area contributed by atoms with Crippen molar-refractivity contribution in [3.8, 4) is 11.3 Å². The van der Waals surface area contributed by atoms with Crippen molar-refractivity contribution in [2.75, 3.05) is 0 Å². The van der Waals surface area contributed by atoms with Crippen molar-refractivity contribution < 1.29 is 0 Å². The number of pyridine rings is 1. The Morgan fingerprint density at radius 2 is 2.11 bits per heavy atom. The molecule has 0 unspecified atom stereocenters. The summed E-state index contributed by atoms with van der Waals surface area (Å²) in [4.78, 5) is 18.4. The molecule has 3 aromatic heterocycles. The number of hydrogen-bond donors (Lipinski definition) is 0. The summed E-state index contributed by atoms with van der Waals surface area (Å²) < 4.78 is 2.21. The summed E-state index contributed by atoms with van der Waals surface area (Å²) in [5.74, 6) is 1.04. The molecule has 3 heterocycles. The molecule has 0 saturated heterocycles. The van der Waals surface area contributed by atoms with Crippen LogP contribution in [0.4, 0.5) is 0 Å². The van der Waals surface area contributed by atoms with Crippen molar-refractivity contribution in [2.24, 2.45) is 7.05 Å². The summed E-state index contributed by atoms with van der Waals surface area (Å²) in [5, 5.41) is 0.371. The topological polar surface area (TPSA) is 56.5 Å². The average Bonchev–Trinajstić information content (AvgIpc) is 3.02. The van der Waals surface area contributed by atoms with E-state index in [-0.39, 0.29) is 0 Å². The maximum absolute atomic E-state index is 6.05. The zero-order valence-corrected chi connectivity index (χ0v) is 16.0. The van der Waals surface area contributed by atoms with Crippen LogP contribution in [0.5, 0.6) is 0 Å². The van der Waals surface area contributed by atoms with E-state index in [9.17, 15) is 0 Å². The fourth-order valence-electron chi connectivity index (χ4n) is 3.54. The minimum absolute atomic E-state index is 0.371. The maximum Gasteiger partial charge on any atom is 0.109 e. The van der Waals surface area contributed by atoms with Gasteiger partial charge in [0.1, 0.15) is 11.5 Å². The second-order valence-corrected chi connectivity index (χ2v) is 7.04. The molecule has 4 rings (SSSR count). The first-order valence-electron chi connectivity index (χ1n) is 8.90. The Morgan fingerprint density at radius 1 is 1.26 bits per heavy atom. The van der Waals surface area contributed by atoms with Gasteiger partial charge < -0.3 is 4.57 Å². The predicted octanol–water partition coefficient (Wildman–Crippen LogP) is 4.01. The van der Waals surface area contributed by atoms with Gasteiger partial charge in [0, 0.05) is 37.1 Å². The van der Waals surface area contributed by atoms with Gasteiger partial charge in [-0.15, -0.1) is 0 Å². The van der Waals surface area contributed by atoms with Crippen molar-refractivity contribution in [1.29, 1.82) is 0 Å². The third kappa shape index (κ3) is 3.19. The van der Waals surface area contributed by atoms with Crippen molar-refractivity contribution in [3.05, 3.63) is 72.0 Å². The van der Waals surface area contributed by atoms with Crippen molar-refractivity contribution in [1.82, 2.24) is 24.5 Å². The average molecular weight is 378 g/mol. The van der Waals surface area contributed by atoms with Crippen LogP contribution in [0.15, 0.2) is 37.7 Å². The number of aryl methyl sites for hydroxylation is 3. The number of hydrogen-bond acceptors (Lipinski definition) is 4. The molecular formula is C21H20ClN5. The lowest BCUT2D eigenvalue weighted by Crippen LogP contribution is -2.09. The highest BCUT2D eigenvalue weighted by Gasteiger charge is 2.23. The minimum atomic E-state index is 0.371. The smallest absolute Gasteiger partial charge is 0.109 e. The van der Waals surface area contributed by atoms with Crippen LogP contribution < -0.4 is 0 Å². The zero-order chi connectivity index (χ0) is 19.0. The quantitative estimate of drug-likeness (QED) is 0.674. The number of halogens is 1. The van der Waals surface area contributed by atoms with Gasteiger partial charge >= 0.3 is 0 Å². The molecule has 1 aliphatic carbocycles. The van der Waals surface area contributed by atoms with Gasteiger partial charge in [-0.1, -0.05) is 24.8 Å². The minimum Gasteiger partial charge on any atom is -0.334 e. The van der Waals surface area contributed by atoms with Gasteiger partial charge in [0.2, 0.25) is 0 Å². The van der Waals surface area contributed by atoms with Crippen LogP contribution in [-0.2, 0) is 32.7 Å². The molecular weight excluding hydrogens is 358 g/mol. The lowest BCUT2D eigenvalue weighted by Gasteiger charge is -2.15. The van der Waals surface area contributed by atoms with Crippen LogP contribution in [0, 0.1) is 0 Å². The second-order valence-electron chi connectivity index (χ2n) is 6.58. The first kappa shape index (κ1) is 17.6. The number of rotatable bonds is 5. The van der Waals surface area contributed by atoms with E-state index in [0.717, 1.165) is 54.2 Å². The molecule has 3 aromatic rings. The maximum atomic E-state index is 6.05. The Balaban J connectivity index is 1.61. The largest absolute Gasteiger partial charge is 0.334 e. The summed E-state index contributed by atoms with van der Waals surface area (Å²) >= 11 is 6.05. The first-order chi connectivity index (χ1) is 13.1. The monoisotopic (exact) mass is 377 g/mol. The summed E-state index contributed by atoms with van der Waals surface area (Å²) in [6.45, 7) is 7.51. The number of nitrogens with zero attached hydrogens (tertiary/aromatic N) is 5. The molecule has 0 saturated carbocycles. The molecule has 0 bridgehead atoms. The van der Waals surface area contributed by atoms with Crippen molar-refractivity contribution in [3.63, 3.8) is 0 Å². The fourth-order valence-corrected chi connectivity index (χ4v) is 3.68. The standard InChI is InChI=1S/C21H20ClN5/c1-4-16-20(13(2)22)25-14(12-24-16)7-10-19-26-21-15-6-5-11-23-17(15)8-9-18(21)27(19)3/h4-6,11-12H,1-2,7-10H2,3H3. The second kappa shape index (κ2) is 7.08. The first-order valence-corrected chi connectivity index (χ1v) is 9.28. The van der Waals surface area contributed by atoms with Crippen LogP contribution in [-0.4, -0.2) is 24.5 Å². The number of imidazole rings is 1. The Labute approximate surface area is 163 Å². The van der Waals surface area contributed by atoms with Gasteiger partial charge in [0.25, 0.3) is 0 Å². The van der Waals surface area contributed by atoms with E-state index >= 15 is 0 Å². The van der Waals surface area contributed by atoms with Gasteiger partial charge in [-0.3, -0.25) is 9.97 Å². The number of fused-ring (bicyclic) bond motifs is 3. The summed E-state index contributed by atoms with van der Waals surface area (Å²) in [6.07, 6.45) is 8.67. The molecule has 27 heavy (non-hydrogen) atoms. The molecule has 0 aliphatic heterocycles. The zero-order valence-electron chi connectivity index (χ0n) is 15.2. The highest BCUT2D eigenvalue weighted by molar-refractivity contribution is 6.48. The van der Waals surface area contributed by atoms with Gasteiger partial charge in [0.15, 0.2) is 0 Å². The van der Waals surface area contributed by atoms with E-state index in [0.29, 0.717) is 16.4 Å². The molecule has 0 N–H and O–H groups in total. The third-order valence-corrected chi connectivity index (χ3v) is 5.13. The Hall–Kier alpha value is -2.79. The van der Waals surface area contributed by atoms with Gasteiger partial charge in [0.05, 0.1) is 27.8 Å². The van der Waals surface area contributed by atoms with Crippen LogP contribution in [0.3, 0.4) is 0 Å². The lowest BCUT2D eigenvalue weighted by molar-refractivity contribution is 0.716. The van der Waals surface area contributed by atoms with Crippen LogP contribution >= 0.6 is 11.6 Å². The van der Waals surface area contributed by atoms with Crippen molar-refractivity contribution >= 4 is 22.7 Å². The van der Waals surface area contributed by atoms with Gasteiger partial charge in [-0.05, 0) is 37.5 Å². The molecule has 1 aliphatic rings. The van der Waals surface area contributed by atoms with Crippen LogP contribution in [0.1, 0.15) is 34.3 Å². The van der Waals surface area contributed by atoms with E-state index in [1.807, 2.05) is 12.3 Å². The summed E-state index contributed by atoms with van der Waals surface area (Å²) in [5.41, 5.74) is 6.71. The predicted molar refractivity (Wildman–Crippen MR) is 108 cm³/mol. The van der Waals surface area contributed by atoms with E-state index in [4.69, 9.17) is 16.6 Å². The fraction of sp³-hybridized carbons (Fsp3) is 0.238. The Morgan fingerprint density at radius 3 is 2.89 bits per heavy atom. The van der Waals surface area contributed by atoms with Gasteiger partial charge in [-0.2, -0.15) is 0 Å². The van der Waals surface area contributed by atoms with E-state index in [2.05, 4.69) is 45.8 Å². The molecule has 0 amide bonds. The third-order valence-electron chi connectivity index (χ3n) is 4.96. The molecule has 0 fully saturated rings. The molecule has 0 aromatic carbocycles. The van der Waals surface area contributed by atoms with E-state index in [1.54, 1.807) is 12.3 Å². The van der Waals surface area contributed by atoms with Gasteiger partial charge in [-0.25, -0.2) is 9.97 Å². The highest BCUT2D eigenvalue weighted by Crippen LogP contribution is 2.32. The van der Waals surface area contributed by atoms with Crippen molar-refractivity contribution in [2.45, 2.75) is 25.7 Å². The molecule has 136 valence electrons. The highest BCUT2D eigenvalue weighted by atomic mass is 35.5. The molecule has 0 atom stereocenters. The molecule has 0 radical (unpaired) electrons. The molecule has 6 heteroatoms. The van der Waals surface area contributed by atoms with E-state index < -0.39 is 0 Å². The molecule has 5 nitrogen and oxygen atoms in total. The normalized spacial score (nSPS) is 12.4. The van der Waals surface area contributed by atoms with Crippen LogP contribution in [0.2, 0.25) is 0 Å². The Bertz CT molecular complexity index is 1050. The van der Waals surface area contributed by atoms with Crippen LogP contribution in [0.25, 0.3) is 22.4 Å². The number of aromatic nitrogens is 5. The molecule has 0 spiro atoms. The lowest BCUT2D eigenvalue weighted by atomic mass is 9.97. The summed E-state index contributed by atoms with van der Waals surface area (Å²) in [6, 6.07) is 4.08. The van der Waals surface area contributed by atoms with E-state index in [1.165, 1.54) is 5.69 Å². The SMILES string of the molecule is C=Cc1ncc(CCc2nc3c(n2C)CCc2ncccc2-3)nc1C(=C)Cl.